The molecule has 1 aliphatic rings. The van der Waals surface area contributed by atoms with E-state index in [1.54, 1.807) is 18.2 Å². The third kappa shape index (κ3) is 4.09. The van der Waals surface area contributed by atoms with E-state index in [9.17, 15) is 8.42 Å². The van der Waals surface area contributed by atoms with Gasteiger partial charge >= 0.3 is 0 Å². The summed E-state index contributed by atoms with van der Waals surface area (Å²) in [6.07, 6.45) is 3.97. The summed E-state index contributed by atoms with van der Waals surface area (Å²) in [6.45, 7) is 0.510. The van der Waals surface area contributed by atoms with Gasteiger partial charge in [0.1, 0.15) is 4.90 Å². The lowest BCUT2D eigenvalue weighted by Gasteiger charge is -2.31. The van der Waals surface area contributed by atoms with Gasteiger partial charge in [-0.3, -0.25) is 0 Å². The van der Waals surface area contributed by atoms with Gasteiger partial charge in [-0.1, -0.05) is 36.6 Å². The second-order valence-corrected chi connectivity index (χ2v) is 7.03. The van der Waals surface area contributed by atoms with Gasteiger partial charge in [0, 0.05) is 6.04 Å². The van der Waals surface area contributed by atoms with Crippen molar-refractivity contribution in [3.8, 4) is 0 Å². The van der Waals surface area contributed by atoms with Crippen molar-refractivity contribution >= 4 is 34.0 Å². The van der Waals surface area contributed by atoms with E-state index in [1.165, 1.54) is 6.07 Å². The van der Waals surface area contributed by atoms with Crippen molar-refractivity contribution in [2.75, 3.05) is 6.54 Å². The van der Waals surface area contributed by atoms with Crippen LogP contribution >= 0.6 is 24.0 Å². The Morgan fingerprint density at radius 1 is 1.25 bits per heavy atom. The summed E-state index contributed by atoms with van der Waals surface area (Å²) >= 11 is 5.95. The van der Waals surface area contributed by atoms with Gasteiger partial charge in [-0.25, -0.2) is 13.1 Å². The SMILES string of the molecule is Cl.NCC1CCCCC1NS(=O)(=O)c1ccccc1Cl. The van der Waals surface area contributed by atoms with Crippen molar-refractivity contribution in [3.63, 3.8) is 0 Å². The average Bonchev–Trinajstić information content (AvgIpc) is 2.39. The fourth-order valence-corrected chi connectivity index (χ4v) is 4.43. The lowest BCUT2D eigenvalue weighted by molar-refractivity contribution is 0.296. The second-order valence-electron chi connectivity index (χ2n) is 4.94. The highest BCUT2D eigenvalue weighted by Crippen LogP contribution is 2.26. The van der Waals surface area contributed by atoms with Crippen LogP contribution in [0.15, 0.2) is 29.2 Å². The van der Waals surface area contributed by atoms with Crippen LogP contribution in [0, 0.1) is 5.92 Å². The zero-order valence-corrected chi connectivity index (χ0v) is 13.5. The molecule has 4 nitrogen and oxygen atoms in total. The van der Waals surface area contributed by atoms with Crippen LogP contribution in [0.25, 0.3) is 0 Å². The molecular weight excluding hydrogens is 319 g/mol. The summed E-state index contributed by atoms with van der Waals surface area (Å²) in [5.41, 5.74) is 5.72. The van der Waals surface area contributed by atoms with Crippen LogP contribution in [0.5, 0.6) is 0 Å². The van der Waals surface area contributed by atoms with Crippen LogP contribution in [0.2, 0.25) is 5.02 Å². The molecule has 0 amide bonds. The van der Waals surface area contributed by atoms with Crippen molar-refractivity contribution in [1.29, 1.82) is 0 Å². The first-order valence-corrected chi connectivity index (χ1v) is 8.37. The zero-order valence-electron chi connectivity index (χ0n) is 11.1. The van der Waals surface area contributed by atoms with Gasteiger partial charge in [0.25, 0.3) is 0 Å². The first-order chi connectivity index (χ1) is 9.04. The standard InChI is InChI=1S/C13H19ClN2O2S.ClH/c14-11-6-2-4-8-13(11)19(17,18)16-12-7-3-1-5-10(12)9-15;/h2,4,6,8,10,12,16H,1,3,5,7,9,15H2;1H. The third-order valence-electron chi connectivity index (χ3n) is 3.64. The van der Waals surface area contributed by atoms with E-state index < -0.39 is 10.0 Å². The molecule has 7 heteroatoms. The number of sulfonamides is 1. The molecule has 1 fully saturated rings. The molecule has 1 aromatic carbocycles. The number of nitrogens with one attached hydrogen (secondary N) is 1. The van der Waals surface area contributed by atoms with Gasteiger partial charge in [0.05, 0.1) is 5.02 Å². The molecule has 1 saturated carbocycles. The van der Waals surface area contributed by atoms with E-state index in [2.05, 4.69) is 4.72 Å². The van der Waals surface area contributed by atoms with Gasteiger partial charge < -0.3 is 5.73 Å². The molecular formula is C13H20Cl2N2O2S. The maximum Gasteiger partial charge on any atom is 0.242 e. The van der Waals surface area contributed by atoms with E-state index >= 15 is 0 Å². The molecule has 2 atom stereocenters. The highest BCUT2D eigenvalue weighted by molar-refractivity contribution is 7.89. The molecule has 0 heterocycles. The van der Waals surface area contributed by atoms with E-state index in [0.717, 1.165) is 25.7 Å². The van der Waals surface area contributed by atoms with Crippen LogP contribution in [0.3, 0.4) is 0 Å². The minimum Gasteiger partial charge on any atom is -0.330 e. The van der Waals surface area contributed by atoms with Crippen LogP contribution in [-0.4, -0.2) is 21.0 Å². The van der Waals surface area contributed by atoms with Crippen molar-refractivity contribution in [2.24, 2.45) is 11.7 Å². The Morgan fingerprint density at radius 2 is 1.90 bits per heavy atom. The molecule has 0 saturated heterocycles. The first kappa shape index (κ1) is 17.7. The van der Waals surface area contributed by atoms with Crippen molar-refractivity contribution in [1.82, 2.24) is 4.72 Å². The monoisotopic (exact) mass is 338 g/mol. The predicted octanol–water partition coefficient (Wildman–Crippen LogP) is 2.56. The second kappa shape index (κ2) is 7.61. The fourth-order valence-electron chi connectivity index (χ4n) is 2.57. The van der Waals surface area contributed by atoms with Gasteiger partial charge in [0.15, 0.2) is 0 Å². The topological polar surface area (TPSA) is 72.2 Å². The predicted molar refractivity (Wildman–Crippen MR) is 83.8 cm³/mol. The molecule has 2 unspecified atom stereocenters. The Hall–Kier alpha value is -0.330. The largest absolute Gasteiger partial charge is 0.330 e. The summed E-state index contributed by atoms with van der Waals surface area (Å²) < 4.78 is 27.5. The van der Waals surface area contributed by atoms with Crippen LogP contribution in [-0.2, 0) is 10.0 Å². The Bertz CT molecular complexity index is 537. The minimum atomic E-state index is -3.57. The summed E-state index contributed by atoms with van der Waals surface area (Å²) in [6, 6.07) is 6.40. The summed E-state index contributed by atoms with van der Waals surface area (Å²) in [5, 5.41) is 0.245. The van der Waals surface area contributed by atoms with Crippen LogP contribution < -0.4 is 10.5 Å². The van der Waals surface area contributed by atoms with Gasteiger partial charge in [-0.2, -0.15) is 0 Å². The quantitative estimate of drug-likeness (QED) is 0.886. The maximum atomic E-state index is 12.3. The molecule has 0 spiro atoms. The lowest BCUT2D eigenvalue weighted by Crippen LogP contribution is -2.44. The smallest absolute Gasteiger partial charge is 0.242 e. The van der Waals surface area contributed by atoms with E-state index in [-0.39, 0.29) is 34.3 Å². The normalized spacial score (nSPS) is 23.1. The van der Waals surface area contributed by atoms with Crippen molar-refractivity contribution in [3.05, 3.63) is 29.3 Å². The first-order valence-electron chi connectivity index (χ1n) is 6.51. The molecule has 1 aromatic rings. The Labute approximate surface area is 131 Å². The third-order valence-corrected chi connectivity index (χ3v) is 5.63. The number of benzene rings is 1. The van der Waals surface area contributed by atoms with E-state index in [0.29, 0.717) is 6.54 Å². The van der Waals surface area contributed by atoms with E-state index in [1.807, 2.05) is 0 Å². The van der Waals surface area contributed by atoms with Crippen LogP contribution in [0.4, 0.5) is 0 Å². The molecule has 1 aliphatic carbocycles. The highest BCUT2D eigenvalue weighted by atomic mass is 35.5. The molecule has 3 N–H and O–H groups in total. The van der Waals surface area contributed by atoms with Crippen molar-refractivity contribution in [2.45, 2.75) is 36.6 Å². The van der Waals surface area contributed by atoms with Crippen molar-refractivity contribution < 1.29 is 8.42 Å². The number of rotatable bonds is 4. The van der Waals surface area contributed by atoms with Gasteiger partial charge in [0.2, 0.25) is 10.0 Å². The summed E-state index contributed by atoms with van der Waals surface area (Å²) in [4.78, 5) is 0.137. The van der Waals surface area contributed by atoms with Gasteiger partial charge in [-0.15, -0.1) is 12.4 Å². The number of nitrogens with two attached hydrogens (primary N) is 1. The molecule has 2 rings (SSSR count). The van der Waals surface area contributed by atoms with Crippen LogP contribution in [0.1, 0.15) is 25.7 Å². The molecule has 0 aliphatic heterocycles. The van der Waals surface area contributed by atoms with Gasteiger partial charge in [-0.05, 0) is 37.4 Å². The number of hydrogen-bond acceptors (Lipinski definition) is 3. The fraction of sp³-hybridized carbons (Fsp3) is 0.538. The Kier molecular flexibility index (Phi) is 6.75. The van der Waals surface area contributed by atoms with E-state index in [4.69, 9.17) is 17.3 Å². The number of hydrogen-bond donors (Lipinski definition) is 2. The summed E-state index contributed by atoms with van der Waals surface area (Å²) in [5.74, 6) is 0.214. The molecule has 20 heavy (non-hydrogen) atoms. The molecule has 114 valence electrons. The molecule has 0 aromatic heterocycles. The lowest BCUT2D eigenvalue weighted by atomic mass is 9.85. The number of halogens is 2. The summed E-state index contributed by atoms with van der Waals surface area (Å²) in [7, 11) is -3.57. The Balaban J connectivity index is 0.00000200. The zero-order chi connectivity index (χ0) is 13.9. The Morgan fingerprint density at radius 3 is 2.55 bits per heavy atom. The maximum absolute atomic E-state index is 12.3. The minimum absolute atomic E-state index is 0. The molecule has 0 bridgehead atoms. The highest BCUT2D eigenvalue weighted by Gasteiger charge is 2.29. The molecule has 0 radical (unpaired) electrons. The average molecular weight is 339 g/mol.